The molecule has 0 N–H and O–H groups in total. The van der Waals surface area contributed by atoms with Crippen molar-refractivity contribution in [1.29, 1.82) is 0 Å². The van der Waals surface area contributed by atoms with E-state index < -0.39 is 0 Å². The number of benzene rings is 1. The fourth-order valence-electron chi connectivity index (χ4n) is 2.05. The Morgan fingerprint density at radius 1 is 1.35 bits per heavy atom. The summed E-state index contributed by atoms with van der Waals surface area (Å²) in [5, 5.41) is 2.15. The normalized spacial score (nSPS) is 18.6. The first-order valence-electron chi connectivity index (χ1n) is 5.88. The summed E-state index contributed by atoms with van der Waals surface area (Å²) in [6.45, 7) is 5.82. The van der Waals surface area contributed by atoms with Gasteiger partial charge >= 0.3 is 0 Å². The second kappa shape index (κ2) is 4.33. The molecule has 0 saturated heterocycles. The third-order valence-electron chi connectivity index (χ3n) is 2.90. The molecule has 17 heavy (non-hydrogen) atoms. The first-order valence-corrected chi connectivity index (χ1v) is 5.88. The van der Waals surface area contributed by atoms with Crippen molar-refractivity contribution in [2.24, 2.45) is 0 Å². The summed E-state index contributed by atoms with van der Waals surface area (Å²) < 4.78 is 5.95. The van der Waals surface area contributed by atoms with Gasteiger partial charge in [0.2, 0.25) is 0 Å². The van der Waals surface area contributed by atoms with Gasteiger partial charge in [0.25, 0.3) is 0 Å². The first-order chi connectivity index (χ1) is 8.07. The van der Waals surface area contributed by atoms with Crippen LogP contribution in [0.3, 0.4) is 0 Å². The molecule has 0 atom stereocenters. The molecule has 0 aliphatic carbocycles. The smallest absolute Gasteiger partial charge is 0.152 e. The minimum atomic E-state index is -0.226. The van der Waals surface area contributed by atoms with E-state index in [9.17, 15) is 0 Å². The van der Waals surface area contributed by atoms with Crippen molar-refractivity contribution < 1.29 is 4.74 Å². The van der Waals surface area contributed by atoms with Gasteiger partial charge in [-0.3, -0.25) is 0 Å². The Hall–Kier alpha value is -1.63. The number of ether oxygens (including phenoxy) is 1. The lowest BCUT2D eigenvalue weighted by Gasteiger charge is -2.28. The van der Waals surface area contributed by atoms with E-state index in [0.717, 1.165) is 11.3 Å². The maximum absolute atomic E-state index is 5.95. The van der Waals surface area contributed by atoms with E-state index in [2.05, 4.69) is 46.6 Å². The van der Waals surface area contributed by atoms with Gasteiger partial charge in [-0.15, -0.1) is 0 Å². The molecule has 0 amide bonds. The summed E-state index contributed by atoms with van der Waals surface area (Å²) in [5.41, 5.74) is 1.14. The van der Waals surface area contributed by atoms with Crippen LogP contribution in [0.2, 0.25) is 0 Å². The lowest BCUT2D eigenvalue weighted by molar-refractivity contribution is 0.284. The molecule has 1 aliphatic rings. The highest BCUT2D eigenvalue weighted by Crippen LogP contribution is 2.24. The molecule has 0 saturated carbocycles. The largest absolute Gasteiger partial charge is 0.501 e. The van der Waals surface area contributed by atoms with E-state index in [1.54, 1.807) is 0 Å². The molecule has 1 heterocycles. The minimum Gasteiger partial charge on any atom is -0.501 e. The number of hydrogen-bond acceptors (Lipinski definition) is 1. The Kier molecular flexibility index (Phi) is 3.01. The van der Waals surface area contributed by atoms with Gasteiger partial charge in [0, 0.05) is 5.56 Å². The summed E-state index contributed by atoms with van der Waals surface area (Å²) in [7, 11) is 4.12. The molecule has 0 spiro atoms. The average Bonchev–Trinajstić information content (AvgIpc) is 2.28. The van der Waals surface area contributed by atoms with Crippen LogP contribution in [0.1, 0.15) is 12.5 Å². The van der Waals surface area contributed by atoms with Crippen LogP contribution in [-0.4, -0.2) is 21.1 Å². The Balaban J connectivity index is 2.77. The predicted molar refractivity (Wildman–Crippen MR) is 80.0 cm³/mol. The van der Waals surface area contributed by atoms with Crippen molar-refractivity contribution in [3.63, 3.8) is 0 Å². The molecule has 84 valence electrons. The first kappa shape index (κ1) is 11.8. The summed E-state index contributed by atoms with van der Waals surface area (Å²) in [6, 6.07) is 4.12. The number of allylic oxidation sites excluding steroid dienone is 1. The van der Waals surface area contributed by atoms with Crippen LogP contribution in [0, 0.1) is 0 Å². The van der Waals surface area contributed by atoms with Crippen molar-refractivity contribution in [3.8, 4) is 5.75 Å². The Morgan fingerprint density at radius 3 is 2.76 bits per heavy atom. The van der Waals surface area contributed by atoms with Crippen LogP contribution in [0.4, 0.5) is 0 Å². The third-order valence-corrected chi connectivity index (χ3v) is 2.90. The van der Waals surface area contributed by atoms with Crippen LogP contribution in [0.15, 0.2) is 30.9 Å². The number of fused-ring (bicyclic) bond motifs is 1. The second-order valence-corrected chi connectivity index (χ2v) is 4.71. The van der Waals surface area contributed by atoms with Crippen molar-refractivity contribution in [1.82, 2.24) is 0 Å². The molecule has 0 unspecified atom stereocenters. The highest BCUT2D eigenvalue weighted by molar-refractivity contribution is 6.41. The Morgan fingerprint density at radius 2 is 2.12 bits per heavy atom. The average molecular weight is 222 g/mol. The van der Waals surface area contributed by atoms with Gasteiger partial charge in [-0.05, 0) is 23.4 Å². The molecule has 0 bridgehead atoms. The molecule has 0 radical (unpaired) electrons. The standard InChI is InChI=1S/C14H16B2O/c1-3-5-11-10(4-2)6-7-13-12(11)8-9-14(15,16)17-13/h3-9H,1,15-16H2,2H3/b10-4-,11-5+. The van der Waals surface area contributed by atoms with Gasteiger partial charge in [0.1, 0.15) is 5.75 Å². The van der Waals surface area contributed by atoms with Crippen LogP contribution in [0.5, 0.6) is 5.75 Å². The lowest BCUT2D eigenvalue weighted by Crippen LogP contribution is -2.39. The molecule has 0 fully saturated rings. The van der Waals surface area contributed by atoms with Crippen molar-refractivity contribution in [2.45, 2.75) is 12.3 Å². The number of hydrogen-bond donors (Lipinski definition) is 0. The minimum absolute atomic E-state index is 0.226. The van der Waals surface area contributed by atoms with Crippen molar-refractivity contribution in [3.05, 3.63) is 46.9 Å². The van der Waals surface area contributed by atoms with Crippen molar-refractivity contribution >= 4 is 33.9 Å². The quantitative estimate of drug-likeness (QED) is 0.597. The summed E-state index contributed by atoms with van der Waals surface area (Å²) in [6.07, 6.45) is 10.2. The zero-order chi connectivity index (χ0) is 12.5. The molecule has 3 heteroatoms. The molecular formula is C14H16B2O. The van der Waals surface area contributed by atoms with Crippen LogP contribution >= 0.6 is 0 Å². The molecule has 0 aromatic heterocycles. The Bertz CT molecular complexity index is 597. The van der Waals surface area contributed by atoms with E-state index in [1.807, 2.05) is 25.1 Å². The van der Waals surface area contributed by atoms with E-state index in [4.69, 9.17) is 4.74 Å². The highest BCUT2D eigenvalue weighted by atomic mass is 16.5. The summed E-state index contributed by atoms with van der Waals surface area (Å²) >= 11 is 0. The monoisotopic (exact) mass is 222 g/mol. The molecular weight excluding hydrogens is 206 g/mol. The van der Waals surface area contributed by atoms with Gasteiger partial charge in [0.15, 0.2) is 15.7 Å². The molecule has 1 nitrogen and oxygen atoms in total. The number of rotatable bonds is 1. The topological polar surface area (TPSA) is 9.23 Å². The fourth-order valence-corrected chi connectivity index (χ4v) is 2.05. The lowest BCUT2D eigenvalue weighted by atomic mass is 9.64. The van der Waals surface area contributed by atoms with E-state index >= 15 is 0 Å². The Labute approximate surface area is 104 Å². The van der Waals surface area contributed by atoms with Gasteiger partial charge in [-0.1, -0.05) is 43.0 Å². The second-order valence-electron chi connectivity index (χ2n) is 4.71. The summed E-state index contributed by atoms with van der Waals surface area (Å²) in [5.74, 6) is 0.941. The van der Waals surface area contributed by atoms with E-state index in [0.29, 0.717) is 0 Å². The third kappa shape index (κ3) is 2.23. The van der Waals surface area contributed by atoms with Gasteiger partial charge in [0.05, 0.1) is 5.40 Å². The van der Waals surface area contributed by atoms with Gasteiger partial charge < -0.3 is 4.74 Å². The van der Waals surface area contributed by atoms with E-state index in [1.165, 1.54) is 10.4 Å². The SMILES string of the molecule is BC1(B)C=Cc2c(ccc(=C/C)/c2=C\C=C)O1. The zero-order valence-corrected chi connectivity index (χ0v) is 10.7. The van der Waals surface area contributed by atoms with Crippen molar-refractivity contribution in [2.75, 3.05) is 0 Å². The predicted octanol–water partition coefficient (Wildman–Crippen LogP) is -0.221. The highest BCUT2D eigenvalue weighted by Gasteiger charge is 2.21. The van der Waals surface area contributed by atoms with E-state index in [-0.39, 0.29) is 5.40 Å². The molecule has 2 rings (SSSR count). The molecule has 1 aromatic carbocycles. The molecule has 1 aromatic rings. The van der Waals surface area contributed by atoms with Crippen LogP contribution in [0.25, 0.3) is 18.2 Å². The maximum Gasteiger partial charge on any atom is 0.152 e. The molecule has 1 aliphatic heterocycles. The fraction of sp³-hybridized carbons (Fsp3) is 0.143. The van der Waals surface area contributed by atoms with Crippen LogP contribution < -0.4 is 15.2 Å². The van der Waals surface area contributed by atoms with Crippen LogP contribution in [-0.2, 0) is 0 Å². The van der Waals surface area contributed by atoms with Gasteiger partial charge in [-0.2, -0.15) is 0 Å². The zero-order valence-electron chi connectivity index (χ0n) is 10.7. The maximum atomic E-state index is 5.95. The summed E-state index contributed by atoms with van der Waals surface area (Å²) in [4.78, 5) is 0. The van der Waals surface area contributed by atoms with Gasteiger partial charge in [-0.25, -0.2) is 0 Å².